The zero-order valence-electron chi connectivity index (χ0n) is 18.9. The van der Waals surface area contributed by atoms with Crippen molar-refractivity contribution in [2.45, 2.75) is 25.4 Å². The first-order valence-corrected chi connectivity index (χ1v) is 11.7. The smallest absolute Gasteiger partial charge is 0.215 e. The molecule has 11 heteroatoms. The van der Waals surface area contributed by atoms with E-state index in [1.807, 2.05) is 48.0 Å². The van der Waals surface area contributed by atoms with E-state index in [-0.39, 0.29) is 12.7 Å². The zero-order chi connectivity index (χ0) is 24.7. The van der Waals surface area contributed by atoms with Gasteiger partial charge in [-0.15, -0.1) is 4.99 Å². The van der Waals surface area contributed by atoms with E-state index < -0.39 is 5.79 Å². The van der Waals surface area contributed by atoms with Crippen LogP contribution in [0.2, 0.25) is 10.0 Å². The first-order valence-electron chi connectivity index (χ1n) is 10.9. The van der Waals surface area contributed by atoms with Gasteiger partial charge in [-0.2, -0.15) is 5.26 Å². The number of nitrogens with one attached hydrogen (secondary N) is 2. The van der Waals surface area contributed by atoms with E-state index in [0.29, 0.717) is 47.0 Å². The van der Waals surface area contributed by atoms with Gasteiger partial charge in [-0.05, 0) is 43.3 Å². The molecule has 0 spiro atoms. The molecule has 0 saturated carbocycles. The zero-order valence-corrected chi connectivity index (χ0v) is 20.5. The third-order valence-electron chi connectivity index (χ3n) is 5.21. The number of imidazole rings is 1. The predicted octanol–water partition coefficient (Wildman–Crippen LogP) is 4.40. The summed E-state index contributed by atoms with van der Waals surface area (Å²) in [6, 6.07) is 12.6. The highest BCUT2D eigenvalue weighted by atomic mass is 35.5. The average Bonchev–Trinajstić information content (AvgIpc) is 3.50. The number of hydrogen-bond donors (Lipinski definition) is 2. The van der Waals surface area contributed by atoms with Gasteiger partial charge in [0.2, 0.25) is 17.9 Å². The Balaban J connectivity index is 1.42. The van der Waals surface area contributed by atoms with Crippen LogP contribution in [0, 0.1) is 11.5 Å². The summed E-state index contributed by atoms with van der Waals surface area (Å²) in [6.45, 7) is 3.53. The molecule has 0 unspecified atom stereocenters. The largest absolute Gasteiger partial charge is 0.491 e. The molecule has 1 aliphatic heterocycles. The first-order chi connectivity index (χ1) is 17.0. The number of halogens is 2. The lowest BCUT2D eigenvalue weighted by Gasteiger charge is -2.30. The molecule has 2 heterocycles. The molecule has 182 valence electrons. The normalized spacial score (nSPS) is 19.8. The molecule has 0 aliphatic carbocycles. The van der Waals surface area contributed by atoms with Gasteiger partial charge in [0, 0.05) is 35.2 Å². The molecule has 35 heavy (non-hydrogen) atoms. The molecule has 4 rings (SSSR count). The van der Waals surface area contributed by atoms with Crippen LogP contribution in [0.1, 0.15) is 12.5 Å². The van der Waals surface area contributed by atoms with E-state index in [0.717, 1.165) is 5.69 Å². The fourth-order valence-electron chi connectivity index (χ4n) is 3.66. The van der Waals surface area contributed by atoms with Gasteiger partial charge in [-0.1, -0.05) is 29.3 Å². The Kier molecular flexibility index (Phi) is 8.10. The summed E-state index contributed by atoms with van der Waals surface area (Å²) in [6.07, 6.45) is 6.66. The number of nitrogens with zero attached hydrogens (tertiary/aromatic N) is 4. The van der Waals surface area contributed by atoms with Gasteiger partial charge in [-0.3, -0.25) is 0 Å². The molecule has 1 fully saturated rings. The van der Waals surface area contributed by atoms with Crippen molar-refractivity contribution in [3.63, 3.8) is 0 Å². The van der Waals surface area contributed by atoms with Crippen LogP contribution in [0.4, 0.5) is 5.69 Å². The molecule has 0 bridgehead atoms. The van der Waals surface area contributed by atoms with Crippen LogP contribution in [-0.4, -0.2) is 41.4 Å². The minimum atomic E-state index is -1.10. The molecule has 2 aromatic carbocycles. The van der Waals surface area contributed by atoms with Crippen molar-refractivity contribution in [2.24, 2.45) is 4.99 Å². The summed E-state index contributed by atoms with van der Waals surface area (Å²) in [4.78, 5) is 7.82. The highest BCUT2D eigenvalue weighted by Crippen LogP contribution is 2.40. The van der Waals surface area contributed by atoms with Crippen LogP contribution in [-0.2, 0) is 21.8 Å². The number of aliphatic imine (C=N–C) groups is 1. The molecule has 3 aromatic rings. The molecule has 0 radical (unpaired) electrons. The summed E-state index contributed by atoms with van der Waals surface area (Å²) in [5, 5.41) is 15.8. The fraction of sp³-hybridized carbons (Fsp3) is 0.292. The van der Waals surface area contributed by atoms with Gasteiger partial charge < -0.3 is 29.4 Å². The second kappa shape index (κ2) is 11.4. The quantitative estimate of drug-likeness (QED) is 0.260. The van der Waals surface area contributed by atoms with Gasteiger partial charge in [0.25, 0.3) is 0 Å². The minimum absolute atomic E-state index is 0.280. The molecule has 1 aromatic heterocycles. The number of nitriles is 1. The van der Waals surface area contributed by atoms with Crippen molar-refractivity contribution in [3.05, 3.63) is 76.8 Å². The highest BCUT2D eigenvalue weighted by Gasteiger charge is 2.45. The summed E-state index contributed by atoms with van der Waals surface area (Å²) >= 11 is 12.6. The number of hydrogen-bond acceptors (Lipinski definition) is 6. The Hall–Kier alpha value is -3.29. The summed E-state index contributed by atoms with van der Waals surface area (Å²) in [5.74, 6) is -0.0549. The lowest BCUT2D eigenvalue weighted by Crippen LogP contribution is -2.34. The lowest BCUT2D eigenvalue weighted by atomic mass is 10.1. The third-order valence-corrected chi connectivity index (χ3v) is 5.76. The fourth-order valence-corrected chi connectivity index (χ4v) is 4.22. The van der Waals surface area contributed by atoms with Gasteiger partial charge in [0.1, 0.15) is 18.5 Å². The predicted molar refractivity (Wildman–Crippen MR) is 133 cm³/mol. The maximum Gasteiger partial charge on any atom is 0.215 e. The maximum atomic E-state index is 8.79. The topological polar surface area (TPSA) is 106 Å². The molecular weight excluding hydrogens is 491 g/mol. The first kappa shape index (κ1) is 24.8. The average molecular weight is 515 g/mol. The Labute approximate surface area is 213 Å². The maximum absolute atomic E-state index is 8.79. The third kappa shape index (κ3) is 6.24. The van der Waals surface area contributed by atoms with E-state index >= 15 is 0 Å². The molecule has 2 atom stereocenters. The van der Waals surface area contributed by atoms with Crippen LogP contribution < -0.4 is 15.4 Å². The highest BCUT2D eigenvalue weighted by molar-refractivity contribution is 6.35. The second-order valence-electron chi connectivity index (χ2n) is 7.71. The van der Waals surface area contributed by atoms with Crippen LogP contribution >= 0.6 is 23.2 Å². The molecule has 1 saturated heterocycles. The Morgan fingerprint density at radius 3 is 2.83 bits per heavy atom. The Morgan fingerprint density at radius 2 is 2.14 bits per heavy atom. The van der Waals surface area contributed by atoms with Crippen molar-refractivity contribution in [2.75, 3.05) is 25.1 Å². The van der Waals surface area contributed by atoms with Crippen molar-refractivity contribution >= 4 is 34.8 Å². The van der Waals surface area contributed by atoms with Crippen LogP contribution in [0.3, 0.4) is 0 Å². The Bertz CT molecular complexity index is 1200. The van der Waals surface area contributed by atoms with Crippen LogP contribution in [0.25, 0.3) is 0 Å². The van der Waals surface area contributed by atoms with Crippen molar-refractivity contribution in [1.82, 2.24) is 14.9 Å². The summed E-state index contributed by atoms with van der Waals surface area (Å²) in [5.41, 5.74) is 1.45. The Morgan fingerprint density at radius 1 is 1.31 bits per heavy atom. The SMILES string of the molecule is CCNC(=NC#N)Nc1ccc(OC[C@@H]2CO[C@@](Cn3ccnc3)(c3ccc(Cl)cc3Cl)O2)cc1. The number of guanidine groups is 1. The van der Waals surface area contributed by atoms with Gasteiger partial charge in [0.15, 0.2) is 0 Å². The van der Waals surface area contributed by atoms with E-state index in [9.17, 15) is 0 Å². The number of ether oxygens (including phenoxy) is 3. The second-order valence-corrected chi connectivity index (χ2v) is 8.56. The van der Waals surface area contributed by atoms with Crippen molar-refractivity contribution in [3.8, 4) is 11.9 Å². The van der Waals surface area contributed by atoms with Crippen LogP contribution in [0.5, 0.6) is 5.75 Å². The number of aromatic nitrogens is 2. The summed E-state index contributed by atoms with van der Waals surface area (Å²) < 4.78 is 20.4. The van der Waals surface area contributed by atoms with E-state index in [4.69, 9.17) is 42.7 Å². The number of rotatable bonds is 8. The minimum Gasteiger partial charge on any atom is -0.491 e. The van der Waals surface area contributed by atoms with Crippen LogP contribution in [0.15, 0.2) is 66.2 Å². The van der Waals surface area contributed by atoms with E-state index in [2.05, 4.69) is 20.6 Å². The number of benzene rings is 2. The lowest BCUT2D eigenvalue weighted by molar-refractivity contribution is -0.189. The molecule has 2 N–H and O–H groups in total. The standard InChI is InChI=1S/C24H24Cl2N6O3/c1-2-29-23(30-15-27)31-18-4-6-19(7-5-18)33-12-20-13-34-24(35-20,14-32-10-9-28-16-32)21-8-3-17(25)11-22(21)26/h3-11,16,20H,2,12-14H2,1H3,(H2,29,30,31)/t20-,24-/m1/s1. The van der Waals surface area contributed by atoms with Gasteiger partial charge in [-0.25, -0.2) is 4.98 Å². The van der Waals surface area contributed by atoms with E-state index in [1.54, 1.807) is 30.9 Å². The van der Waals surface area contributed by atoms with Crippen molar-refractivity contribution < 1.29 is 14.2 Å². The molecule has 0 amide bonds. The summed E-state index contributed by atoms with van der Waals surface area (Å²) in [7, 11) is 0. The molecular formula is C24H24Cl2N6O3. The number of anilines is 1. The molecule has 9 nitrogen and oxygen atoms in total. The van der Waals surface area contributed by atoms with Gasteiger partial charge >= 0.3 is 0 Å². The molecule has 1 aliphatic rings. The monoisotopic (exact) mass is 514 g/mol. The van der Waals surface area contributed by atoms with Gasteiger partial charge in [0.05, 0.1) is 24.5 Å². The van der Waals surface area contributed by atoms with Crippen molar-refractivity contribution in [1.29, 1.82) is 5.26 Å². The van der Waals surface area contributed by atoms with E-state index in [1.165, 1.54) is 0 Å².